The van der Waals surface area contributed by atoms with E-state index in [1.807, 2.05) is 12.3 Å². The summed E-state index contributed by atoms with van der Waals surface area (Å²) in [5.41, 5.74) is 0.341. The average molecular weight is 311 g/mol. The maximum atomic E-state index is 11.9. The summed E-state index contributed by atoms with van der Waals surface area (Å²) in [4.78, 5) is 30.3. The molecule has 7 nitrogen and oxygen atoms in total. The number of methoxy groups -OCH3 is 2. The fraction of sp³-hybridized carbons (Fsp3) is 0.462. The van der Waals surface area contributed by atoms with Crippen molar-refractivity contribution in [3.63, 3.8) is 0 Å². The SMILES string of the molecule is COC(CCn1cc(-c2nc(C)cs2)c(=O)[nH]c1=O)OC. The first-order valence-electron chi connectivity index (χ1n) is 6.37. The Morgan fingerprint density at radius 3 is 2.67 bits per heavy atom. The second-order valence-electron chi connectivity index (χ2n) is 4.48. The minimum atomic E-state index is -0.456. The highest BCUT2D eigenvalue weighted by Crippen LogP contribution is 2.19. The van der Waals surface area contributed by atoms with Crippen molar-refractivity contribution in [3.05, 3.63) is 38.1 Å². The van der Waals surface area contributed by atoms with E-state index in [9.17, 15) is 9.59 Å². The molecule has 2 aromatic heterocycles. The van der Waals surface area contributed by atoms with Gasteiger partial charge in [0.2, 0.25) is 0 Å². The van der Waals surface area contributed by atoms with Crippen molar-refractivity contribution in [2.75, 3.05) is 14.2 Å². The van der Waals surface area contributed by atoms with Crippen LogP contribution in [0, 0.1) is 6.92 Å². The van der Waals surface area contributed by atoms with Crippen LogP contribution in [0.15, 0.2) is 21.2 Å². The smallest absolute Gasteiger partial charge is 0.328 e. The van der Waals surface area contributed by atoms with Gasteiger partial charge in [-0.1, -0.05) is 0 Å². The van der Waals surface area contributed by atoms with E-state index in [4.69, 9.17) is 9.47 Å². The first-order chi connectivity index (χ1) is 10.0. The number of aryl methyl sites for hydroxylation is 2. The molecule has 0 aliphatic heterocycles. The van der Waals surface area contributed by atoms with Crippen LogP contribution in [-0.4, -0.2) is 35.0 Å². The molecule has 0 saturated carbocycles. The third-order valence-electron chi connectivity index (χ3n) is 2.99. The number of rotatable bonds is 6. The highest BCUT2D eigenvalue weighted by molar-refractivity contribution is 7.13. The van der Waals surface area contributed by atoms with Gasteiger partial charge in [0.15, 0.2) is 6.29 Å². The van der Waals surface area contributed by atoms with Gasteiger partial charge in [0.05, 0.1) is 5.56 Å². The second kappa shape index (κ2) is 6.79. The van der Waals surface area contributed by atoms with Crippen LogP contribution in [0.4, 0.5) is 0 Å². The predicted molar refractivity (Wildman–Crippen MR) is 79.6 cm³/mol. The van der Waals surface area contributed by atoms with Crippen molar-refractivity contribution in [2.45, 2.75) is 26.2 Å². The molecule has 8 heteroatoms. The molecule has 0 radical (unpaired) electrons. The molecular weight excluding hydrogens is 294 g/mol. The highest BCUT2D eigenvalue weighted by atomic mass is 32.1. The number of hydrogen-bond acceptors (Lipinski definition) is 6. The van der Waals surface area contributed by atoms with Gasteiger partial charge in [-0.2, -0.15) is 0 Å². The van der Waals surface area contributed by atoms with Crippen LogP contribution in [0.5, 0.6) is 0 Å². The molecule has 0 amide bonds. The van der Waals surface area contributed by atoms with Crippen LogP contribution < -0.4 is 11.2 Å². The van der Waals surface area contributed by atoms with Crippen LogP contribution in [0.1, 0.15) is 12.1 Å². The van der Waals surface area contributed by atoms with Gasteiger partial charge >= 0.3 is 5.69 Å². The first kappa shape index (κ1) is 15.6. The lowest BCUT2D eigenvalue weighted by molar-refractivity contribution is -0.108. The van der Waals surface area contributed by atoms with Gasteiger partial charge in [-0.05, 0) is 6.92 Å². The van der Waals surface area contributed by atoms with E-state index in [1.165, 1.54) is 36.3 Å². The number of nitrogens with zero attached hydrogens (tertiary/aromatic N) is 2. The molecule has 2 heterocycles. The van der Waals surface area contributed by atoms with Crippen LogP contribution in [-0.2, 0) is 16.0 Å². The number of nitrogens with one attached hydrogen (secondary N) is 1. The zero-order valence-corrected chi connectivity index (χ0v) is 12.9. The van der Waals surface area contributed by atoms with Crippen LogP contribution >= 0.6 is 11.3 Å². The molecule has 0 fully saturated rings. The summed E-state index contributed by atoms with van der Waals surface area (Å²) < 4.78 is 11.6. The van der Waals surface area contributed by atoms with Crippen molar-refractivity contribution in [3.8, 4) is 10.6 Å². The van der Waals surface area contributed by atoms with Crippen molar-refractivity contribution in [1.29, 1.82) is 0 Å². The molecule has 2 rings (SSSR count). The Labute approximate surface area is 125 Å². The third-order valence-corrected chi connectivity index (χ3v) is 3.99. The Bertz CT molecular complexity index is 715. The molecule has 0 spiro atoms. The second-order valence-corrected chi connectivity index (χ2v) is 5.34. The molecule has 0 aliphatic carbocycles. The Hall–Kier alpha value is -1.77. The fourth-order valence-corrected chi connectivity index (χ4v) is 2.69. The monoisotopic (exact) mass is 311 g/mol. The molecule has 114 valence electrons. The third kappa shape index (κ3) is 3.66. The summed E-state index contributed by atoms with van der Waals surface area (Å²) in [6.07, 6.45) is 1.63. The lowest BCUT2D eigenvalue weighted by atomic mass is 10.3. The van der Waals surface area contributed by atoms with Gasteiger partial charge in [-0.3, -0.25) is 14.3 Å². The van der Waals surface area contributed by atoms with Crippen LogP contribution in [0.25, 0.3) is 10.6 Å². The van der Waals surface area contributed by atoms with Crippen LogP contribution in [0.3, 0.4) is 0 Å². The summed E-state index contributed by atoms with van der Waals surface area (Å²) in [7, 11) is 3.07. The maximum absolute atomic E-state index is 11.9. The van der Waals surface area contributed by atoms with Gasteiger partial charge in [0.25, 0.3) is 5.56 Å². The minimum absolute atomic E-state index is 0.374. The Kier molecular flexibility index (Phi) is 5.05. The predicted octanol–water partition coefficient (Wildman–Crippen LogP) is 0.978. The van der Waals surface area contributed by atoms with E-state index in [0.717, 1.165) is 5.69 Å². The van der Waals surface area contributed by atoms with Gasteiger partial charge in [0.1, 0.15) is 5.01 Å². The van der Waals surface area contributed by atoms with Crippen molar-refractivity contribution in [2.24, 2.45) is 0 Å². The van der Waals surface area contributed by atoms with E-state index >= 15 is 0 Å². The summed E-state index contributed by atoms with van der Waals surface area (Å²) in [6, 6.07) is 0. The molecule has 0 aromatic carbocycles. The standard InChI is InChI=1S/C13H17N3O4S/c1-8-7-21-12(14-8)9-6-16(13(18)15-11(9)17)5-4-10(19-2)20-3/h6-7,10H,4-5H2,1-3H3,(H,15,17,18). The zero-order chi connectivity index (χ0) is 15.4. The van der Waals surface area contributed by atoms with E-state index in [-0.39, 0.29) is 0 Å². The maximum Gasteiger partial charge on any atom is 0.328 e. The summed E-state index contributed by atoms with van der Waals surface area (Å²) in [5.74, 6) is 0. The molecule has 0 saturated heterocycles. The van der Waals surface area contributed by atoms with Crippen molar-refractivity contribution < 1.29 is 9.47 Å². The Morgan fingerprint density at radius 2 is 2.10 bits per heavy atom. The average Bonchev–Trinajstić information content (AvgIpc) is 2.88. The molecule has 0 aliphatic rings. The Balaban J connectivity index is 2.31. The van der Waals surface area contributed by atoms with Gasteiger partial charge in [-0.25, -0.2) is 9.78 Å². The number of thiazole rings is 1. The lowest BCUT2D eigenvalue weighted by Crippen LogP contribution is -2.31. The van der Waals surface area contributed by atoms with E-state index in [1.54, 1.807) is 0 Å². The Morgan fingerprint density at radius 1 is 1.38 bits per heavy atom. The highest BCUT2D eigenvalue weighted by Gasteiger charge is 2.12. The van der Waals surface area contributed by atoms with E-state index < -0.39 is 17.5 Å². The number of aromatic amines is 1. The molecule has 1 N–H and O–H groups in total. The lowest BCUT2D eigenvalue weighted by Gasteiger charge is -2.14. The fourth-order valence-electron chi connectivity index (χ4n) is 1.88. The van der Waals surface area contributed by atoms with Crippen molar-refractivity contribution in [1.82, 2.24) is 14.5 Å². The summed E-state index contributed by atoms with van der Waals surface area (Å²) in [5, 5.41) is 2.45. The molecular formula is C13H17N3O4S. The number of hydrogen-bond donors (Lipinski definition) is 1. The molecule has 0 bridgehead atoms. The van der Waals surface area contributed by atoms with E-state index in [2.05, 4.69) is 9.97 Å². The molecule has 0 unspecified atom stereocenters. The van der Waals surface area contributed by atoms with Gasteiger partial charge < -0.3 is 9.47 Å². The topological polar surface area (TPSA) is 86.2 Å². The summed E-state index contributed by atoms with van der Waals surface area (Å²) in [6.45, 7) is 2.23. The number of H-pyrrole nitrogens is 1. The minimum Gasteiger partial charge on any atom is -0.356 e. The zero-order valence-electron chi connectivity index (χ0n) is 12.1. The van der Waals surface area contributed by atoms with Gasteiger partial charge in [0, 0.05) is 44.5 Å². The summed E-state index contributed by atoms with van der Waals surface area (Å²) >= 11 is 1.37. The molecule has 21 heavy (non-hydrogen) atoms. The number of ether oxygens (including phenoxy) is 2. The number of aromatic nitrogens is 3. The molecule has 2 aromatic rings. The first-order valence-corrected chi connectivity index (χ1v) is 7.25. The van der Waals surface area contributed by atoms with Gasteiger partial charge in [-0.15, -0.1) is 11.3 Å². The quantitative estimate of drug-likeness (QED) is 0.804. The largest absolute Gasteiger partial charge is 0.356 e. The van der Waals surface area contributed by atoms with E-state index in [0.29, 0.717) is 23.5 Å². The van der Waals surface area contributed by atoms with Crippen molar-refractivity contribution >= 4 is 11.3 Å². The molecule has 0 atom stereocenters. The normalized spacial score (nSPS) is 11.2. The van der Waals surface area contributed by atoms with Crippen LogP contribution in [0.2, 0.25) is 0 Å².